The molecule has 2 heterocycles. The van der Waals surface area contributed by atoms with Crippen molar-refractivity contribution in [3.8, 4) is 11.5 Å². The summed E-state index contributed by atoms with van der Waals surface area (Å²) in [7, 11) is 0. The van der Waals surface area contributed by atoms with Gasteiger partial charge in [-0.2, -0.15) is 0 Å². The van der Waals surface area contributed by atoms with Gasteiger partial charge in [-0.1, -0.05) is 47.5 Å². The van der Waals surface area contributed by atoms with Gasteiger partial charge in [-0.3, -0.25) is 14.5 Å². The molecule has 1 fully saturated rings. The van der Waals surface area contributed by atoms with E-state index in [1.807, 2.05) is 63.2 Å². The number of amides is 1. The van der Waals surface area contributed by atoms with Crippen LogP contribution in [0.15, 0.2) is 66.2 Å². The number of fused-ring (bicyclic) bond motifs is 1. The first-order chi connectivity index (χ1) is 15.8. The highest BCUT2D eigenvalue weighted by Gasteiger charge is 2.47. The second-order valence-electron chi connectivity index (χ2n) is 8.44. The summed E-state index contributed by atoms with van der Waals surface area (Å²) in [6.07, 6.45) is 0. The molecule has 0 bridgehead atoms. The molecule has 3 aromatic rings. The summed E-state index contributed by atoms with van der Waals surface area (Å²) in [5.74, 6) is -0.515. The number of aliphatic hydroxyl groups is 1. The van der Waals surface area contributed by atoms with Gasteiger partial charge in [0, 0.05) is 17.3 Å². The molecule has 1 saturated heterocycles. The van der Waals surface area contributed by atoms with E-state index in [0.29, 0.717) is 22.7 Å². The molecule has 3 aromatic carbocycles. The van der Waals surface area contributed by atoms with Crippen molar-refractivity contribution in [1.29, 1.82) is 0 Å². The van der Waals surface area contributed by atoms with Crippen LogP contribution >= 0.6 is 0 Å². The Bertz CT molecular complexity index is 1340. The Morgan fingerprint density at radius 2 is 1.67 bits per heavy atom. The Hall–Kier alpha value is -4.06. The van der Waals surface area contributed by atoms with Crippen molar-refractivity contribution in [2.75, 3.05) is 11.7 Å². The average molecular weight is 441 g/mol. The van der Waals surface area contributed by atoms with Crippen molar-refractivity contribution in [2.45, 2.75) is 26.8 Å². The summed E-state index contributed by atoms with van der Waals surface area (Å²) in [6.45, 7) is 5.83. The first-order valence-corrected chi connectivity index (χ1v) is 10.7. The Morgan fingerprint density at radius 3 is 2.45 bits per heavy atom. The van der Waals surface area contributed by atoms with Gasteiger partial charge in [0.25, 0.3) is 11.7 Å². The minimum atomic E-state index is -0.787. The van der Waals surface area contributed by atoms with E-state index in [2.05, 4.69) is 0 Å². The zero-order chi connectivity index (χ0) is 23.3. The molecule has 0 saturated carbocycles. The predicted molar refractivity (Wildman–Crippen MR) is 124 cm³/mol. The zero-order valence-corrected chi connectivity index (χ0v) is 18.6. The first-order valence-electron chi connectivity index (χ1n) is 10.7. The molecule has 33 heavy (non-hydrogen) atoms. The molecule has 2 aliphatic rings. The fraction of sp³-hybridized carbons (Fsp3) is 0.185. The van der Waals surface area contributed by atoms with E-state index in [1.54, 1.807) is 18.2 Å². The van der Waals surface area contributed by atoms with Crippen molar-refractivity contribution >= 4 is 23.1 Å². The number of benzene rings is 3. The van der Waals surface area contributed by atoms with Crippen molar-refractivity contribution in [1.82, 2.24) is 0 Å². The molecular formula is C27H23NO5. The third kappa shape index (κ3) is 3.44. The summed E-state index contributed by atoms with van der Waals surface area (Å²) in [6, 6.07) is 17.6. The lowest BCUT2D eigenvalue weighted by Gasteiger charge is -2.26. The van der Waals surface area contributed by atoms with Crippen molar-refractivity contribution < 1.29 is 24.2 Å². The van der Waals surface area contributed by atoms with E-state index in [1.165, 1.54) is 4.90 Å². The SMILES string of the molecule is Cc1cccc(C2/C(=C(\O)c3cc(C)ccc3C)C(=O)C(=O)N2c2ccc3c(c2)OCO3)c1. The maximum absolute atomic E-state index is 13.3. The third-order valence-electron chi connectivity index (χ3n) is 6.08. The van der Waals surface area contributed by atoms with Crippen LogP contribution in [0.25, 0.3) is 5.76 Å². The number of hydrogen-bond acceptors (Lipinski definition) is 5. The minimum Gasteiger partial charge on any atom is -0.507 e. The van der Waals surface area contributed by atoms with Crippen LogP contribution in [0.2, 0.25) is 0 Å². The molecule has 1 N–H and O–H groups in total. The van der Waals surface area contributed by atoms with E-state index < -0.39 is 17.7 Å². The van der Waals surface area contributed by atoms with Gasteiger partial charge < -0.3 is 14.6 Å². The largest absolute Gasteiger partial charge is 0.507 e. The van der Waals surface area contributed by atoms with Crippen LogP contribution in [-0.2, 0) is 9.59 Å². The molecule has 0 radical (unpaired) electrons. The number of ether oxygens (including phenoxy) is 2. The second kappa shape index (κ2) is 7.81. The van der Waals surface area contributed by atoms with Crippen molar-refractivity contribution in [2.24, 2.45) is 0 Å². The molecule has 6 heteroatoms. The highest BCUT2D eigenvalue weighted by atomic mass is 16.7. The Kier molecular flexibility index (Phi) is 4.93. The van der Waals surface area contributed by atoms with Crippen LogP contribution in [0.1, 0.15) is 33.9 Å². The van der Waals surface area contributed by atoms with Crippen molar-refractivity contribution in [3.05, 3.63) is 94.1 Å². The number of aryl methyl sites for hydroxylation is 3. The smallest absolute Gasteiger partial charge is 0.300 e. The first kappa shape index (κ1) is 20.8. The van der Waals surface area contributed by atoms with Crippen LogP contribution in [0.5, 0.6) is 11.5 Å². The zero-order valence-electron chi connectivity index (χ0n) is 18.6. The standard InChI is InChI=1S/C27H23NO5/c1-15-5-4-6-18(11-15)24-23(25(29)20-12-16(2)7-8-17(20)3)26(30)27(31)28(24)19-9-10-21-22(13-19)33-14-32-21/h4-13,24,29H,14H2,1-3H3/b25-23+. The van der Waals surface area contributed by atoms with E-state index in [0.717, 1.165) is 22.3 Å². The molecular weight excluding hydrogens is 418 g/mol. The minimum absolute atomic E-state index is 0.0666. The number of carbonyl (C=O) groups excluding carboxylic acids is 2. The highest BCUT2D eigenvalue weighted by Crippen LogP contribution is 2.45. The molecule has 5 rings (SSSR count). The predicted octanol–water partition coefficient (Wildman–Crippen LogP) is 4.97. The number of aliphatic hydroxyl groups excluding tert-OH is 1. The van der Waals surface area contributed by atoms with E-state index in [4.69, 9.17) is 9.47 Å². The van der Waals surface area contributed by atoms with Crippen LogP contribution in [0, 0.1) is 20.8 Å². The van der Waals surface area contributed by atoms with E-state index >= 15 is 0 Å². The molecule has 166 valence electrons. The van der Waals surface area contributed by atoms with Crippen LogP contribution in [0.4, 0.5) is 5.69 Å². The maximum atomic E-state index is 13.3. The number of Topliss-reactive ketones (excluding diaryl/α,β-unsaturated/α-hetero) is 1. The summed E-state index contributed by atoms with van der Waals surface area (Å²) in [5.41, 5.74) is 4.57. The molecule has 0 aromatic heterocycles. The Labute approximate surface area is 191 Å². The molecule has 0 aliphatic carbocycles. The fourth-order valence-corrected chi connectivity index (χ4v) is 4.43. The molecule has 0 spiro atoms. The normalized spacial score (nSPS) is 18.8. The van der Waals surface area contributed by atoms with Crippen LogP contribution < -0.4 is 14.4 Å². The second-order valence-corrected chi connectivity index (χ2v) is 8.44. The lowest BCUT2D eigenvalue weighted by molar-refractivity contribution is -0.132. The third-order valence-corrected chi connectivity index (χ3v) is 6.08. The number of rotatable bonds is 3. The average Bonchev–Trinajstić information content (AvgIpc) is 3.37. The highest BCUT2D eigenvalue weighted by molar-refractivity contribution is 6.51. The molecule has 1 atom stereocenters. The van der Waals surface area contributed by atoms with Gasteiger partial charge in [-0.15, -0.1) is 0 Å². The van der Waals surface area contributed by atoms with E-state index in [-0.39, 0.29) is 18.1 Å². The number of ketones is 1. The quantitative estimate of drug-likeness (QED) is 0.353. The van der Waals surface area contributed by atoms with Gasteiger partial charge >= 0.3 is 0 Å². The van der Waals surface area contributed by atoms with Gasteiger partial charge in [0.1, 0.15) is 5.76 Å². The number of hydrogen-bond donors (Lipinski definition) is 1. The lowest BCUT2D eigenvalue weighted by atomic mass is 9.92. The van der Waals surface area contributed by atoms with Gasteiger partial charge in [0.05, 0.1) is 11.6 Å². The van der Waals surface area contributed by atoms with E-state index in [9.17, 15) is 14.7 Å². The summed E-state index contributed by atoms with van der Waals surface area (Å²) < 4.78 is 10.9. The number of nitrogens with zero attached hydrogens (tertiary/aromatic N) is 1. The number of anilines is 1. The van der Waals surface area contributed by atoms with Gasteiger partial charge in [0.15, 0.2) is 11.5 Å². The number of carbonyl (C=O) groups is 2. The summed E-state index contributed by atoms with van der Waals surface area (Å²) in [5, 5.41) is 11.4. The lowest BCUT2D eigenvalue weighted by Crippen LogP contribution is -2.29. The van der Waals surface area contributed by atoms with Gasteiger partial charge in [0.2, 0.25) is 6.79 Å². The maximum Gasteiger partial charge on any atom is 0.300 e. The Morgan fingerprint density at radius 1 is 0.909 bits per heavy atom. The molecule has 1 amide bonds. The fourth-order valence-electron chi connectivity index (χ4n) is 4.43. The van der Waals surface area contributed by atoms with Crippen LogP contribution in [-0.4, -0.2) is 23.6 Å². The monoisotopic (exact) mass is 441 g/mol. The van der Waals surface area contributed by atoms with Gasteiger partial charge in [-0.25, -0.2) is 0 Å². The Balaban J connectivity index is 1.74. The van der Waals surface area contributed by atoms with Gasteiger partial charge in [-0.05, 0) is 50.1 Å². The summed E-state index contributed by atoms with van der Waals surface area (Å²) in [4.78, 5) is 28.1. The molecule has 6 nitrogen and oxygen atoms in total. The summed E-state index contributed by atoms with van der Waals surface area (Å²) >= 11 is 0. The topological polar surface area (TPSA) is 76.1 Å². The molecule has 2 aliphatic heterocycles. The van der Waals surface area contributed by atoms with Crippen molar-refractivity contribution in [3.63, 3.8) is 0 Å². The molecule has 1 unspecified atom stereocenters. The van der Waals surface area contributed by atoms with Crippen LogP contribution in [0.3, 0.4) is 0 Å².